The molecule has 1 saturated heterocycles. The zero-order valence-corrected chi connectivity index (χ0v) is 22.6. The molecular formula is C32H30F2N4O3. The number of hydrogen-bond acceptors (Lipinski definition) is 5. The van der Waals surface area contributed by atoms with Crippen LogP contribution in [0.25, 0.3) is 0 Å². The average molecular weight is 557 g/mol. The minimum atomic E-state index is -0.513. The molecule has 1 heterocycles. The number of carbonyl (C=O) groups is 2. The number of anilines is 3. The molecule has 0 spiro atoms. The fourth-order valence-corrected chi connectivity index (χ4v) is 4.86. The number of methoxy groups -OCH3 is 1. The number of nitrogens with zero attached hydrogens (tertiary/aromatic N) is 2. The van der Waals surface area contributed by atoms with E-state index in [0.29, 0.717) is 24.3 Å². The molecule has 2 amide bonds. The third-order valence-electron chi connectivity index (χ3n) is 7.00. The number of amides is 2. The molecule has 7 nitrogen and oxygen atoms in total. The zero-order chi connectivity index (χ0) is 28.8. The lowest BCUT2D eigenvalue weighted by Crippen LogP contribution is -2.47. The van der Waals surface area contributed by atoms with E-state index in [9.17, 15) is 18.4 Å². The summed E-state index contributed by atoms with van der Waals surface area (Å²) in [6, 6.07) is 24.4. The lowest BCUT2D eigenvalue weighted by Gasteiger charge is -2.38. The van der Waals surface area contributed by atoms with Crippen LogP contribution in [0.15, 0.2) is 91.0 Å². The van der Waals surface area contributed by atoms with E-state index in [2.05, 4.69) is 20.4 Å². The normalized spacial score (nSPS) is 13.0. The van der Waals surface area contributed by atoms with Gasteiger partial charge in [-0.15, -0.1) is 0 Å². The van der Waals surface area contributed by atoms with Crippen molar-refractivity contribution in [3.8, 4) is 5.75 Å². The second-order valence-electron chi connectivity index (χ2n) is 9.65. The number of para-hydroxylation sites is 2. The summed E-state index contributed by atoms with van der Waals surface area (Å²) in [7, 11) is 1.65. The maximum atomic E-state index is 13.7. The number of benzene rings is 4. The van der Waals surface area contributed by atoms with E-state index in [0.717, 1.165) is 41.8 Å². The number of carbonyl (C=O) groups excluding carboxylic acids is 2. The van der Waals surface area contributed by atoms with Gasteiger partial charge < -0.3 is 25.2 Å². The van der Waals surface area contributed by atoms with Gasteiger partial charge in [0, 0.05) is 49.7 Å². The highest BCUT2D eigenvalue weighted by Gasteiger charge is 2.24. The standard InChI is InChI=1S/C32H30F2N4O3/c1-41-30-8-3-2-7-29(30)38-17-15-37(16-18-38)28-14-13-26(36-31(39)23-5-4-6-25(34)19-23)20-27(28)32(40)35-21-22-9-11-24(33)12-10-22/h2-14,19-20H,15-18,21H2,1H3,(H,35,40)(H,36,39). The number of piperazine rings is 1. The van der Waals surface area contributed by atoms with Gasteiger partial charge in [0.15, 0.2) is 0 Å². The van der Waals surface area contributed by atoms with Crippen LogP contribution in [0, 0.1) is 11.6 Å². The number of rotatable bonds is 8. The molecule has 0 bridgehead atoms. The third kappa shape index (κ3) is 6.63. The summed E-state index contributed by atoms with van der Waals surface area (Å²) < 4.78 is 32.5. The van der Waals surface area contributed by atoms with Crippen molar-refractivity contribution in [3.05, 3.63) is 119 Å². The zero-order valence-electron chi connectivity index (χ0n) is 22.6. The number of ether oxygens (including phenoxy) is 1. The molecule has 2 N–H and O–H groups in total. The van der Waals surface area contributed by atoms with E-state index in [1.807, 2.05) is 30.3 Å². The molecule has 0 atom stereocenters. The predicted molar refractivity (Wildman–Crippen MR) is 156 cm³/mol. The van der Waals surface area contributed by atoms with E-state index in [4.69, 9.17) is 4.74 Å². The Kier molecular flexibility index (Phi) is 8.43. The summed E-state index contributed by atoms with van der Waals surface area (Å²) in [5, 5.41) is 5.67. The number of nitrogens with one attached hydrogen (secondary N) is 2. The van der Waals surface area contributed by atoms with Crippen LogP contribution in [0.4, 0.5) is 25.8 Å². The molecule has 0 aliphatic carbocycles. The molecular weight excluding hydrogens is 526 g/mol. The molecule has 4 aromatic rings. The van der Waals surface area contributed by atoms with Crippen LogP contribution in [0.1, 0.15) is 26.3 Å². The molecule has 5 rings (SSSR count). The largest absolute Gasteiger partial charge is 0.495 e. The fraction of sp³-hybridized carbons (Fsp3) is 0.188. The van der Waals surface area contributed by atoms with Crippen LogP contribution in [-0.2, 0) is 6.54 Å². The summed E-state index contributed by atoms with van der Waals surface area (Å²) in [5.41, 5.74) is 3.45. The molecule has 1 aliphatic heterocycles. The number of hydrogen-bond donors (Lipinski definition) is 2. The predicted octanol–water partition coefficient (Wildman–Crippen LogP) is 5.48. The first-order valence-electron chi connectivity index (χ1n) is 13.3. The highest BCUT2D eigenvalue weighted by Crippen LogP contribution is 2.31. The highest BCUT2D eigenvalue weighted by molar-refractivity contribution is 6.06. The van der Waals surface area contributed by atoms with E-state index in [1.165, 1.54) is 30.3 Å². The summed E-state index contributed by atoms with van der Waals surface area (Å²) in [4.78, 5) is 30.6. The summed E-state index contributed by atoms with van der Waals surface area (Å²) in [5.74, 6) is -0.878. The van der Waals surface area contributed by atoms with E-state index >= 15 is 0 Å². The Morgan fingerprint density at radius 3 is 2.17 bits per heavy atom. The second kappa shape index (κ2) is 12.5. The monoisotopic (exact) mass is 556 g/mol. The van der Waals surface area contributed by atoms with Gasteiger partial charge in [-0.1, -0.05) is 30.3 Å². The van der Waals surface area contributed by atoms with Gasteiger partial charge in [-0.3, -0.25) is 9.59 Å². The minimum absolute atomic E-state index is 0.170. The Bertz CT molecular complexity index is 1540. The SMILES string of the molecule is COc1ccccc1N1CCN(c2ccc(NC(=O)c3cccc(F)c3)cc2C(=O)NCc2ccc(F)cc2)CC1. The van der Waals surface area contributed by atoms with Crippen molar-refractivity contribution in [2.45, 2.75) is 6.54 Å². The lowest BCUT2D eigenvalue weighted by atomic mass is 10.1. The van der Waals surface area contributed by atoms with Crippen LogP contribution in [0.2, 0.25) is 0 Å². The summed E-state index contributed by atoms with van der Waals surface area (Å²) >= 11 is 0. The molecule has 0 radical (unpaired) electrons. The van der Waals surface area contributed by atoms with E-state index in [-0.39, 0.29) is 23.8 Å². The van der Waals surface area contributed by atoms with Crippen LogP contribution in [0.3, 0.4) is 0 Å². The van der Waals surface area contributed by atoms with Gasteiger partial charge in [-0.2, -0.15) is 0 Å². The molecule has 0 aromatic heterocycles. The van der Waals surface area contributed by atoms with Gasteiger partial charge >= 0.3 is 0 Å². The molecule has 4 aromatic carbocycles. The Morgan fingerprint density at radius 2 is 1.46 bits per heavy atom. The van der Waals surface area contributed by atoms with Crippen molar-refractivity contribution >= 4 is 28.9 Å². The Labute approximate surface area is 237 Å². The molecule has 210 valence electrons. The fourth-order valence-electron chi connectivity index (χ4n) is 4.86. The second-order valence-corrected chi connectivity index (χ2v) is 9.65. The highest BCUT2D eigenvalue weighted by atomic mass is 19.1. The van der Waals surface area contributed by atoms with Crippen molar-refractivity contribution in [2.24, 2.45) is 0 Å². The molecule has 41 heavy (non-hydrogen) atoms. The summed E-state index contributed by atoms with van der Waals surface area (Å²) in [6.45, 7) is 2.96. The minimum Gasteiger partial charge on any atom is -0.495 e. The van der Waals surface area contributed by atoms with E-state index < -0.39 is 11.7 Å². The van der Waals surface area contributed by atoms with E-state index in [1.54, 1.807) is 31.4 Å². The molecule has 1 fully saturated rings. The first-order valence-corrected chi connectivity index (χ1v) is 13.3. The smallest absolute Gasteiger partial charge is 0.255 e. The third-order valence-corrected chi connectivity index (χ3v) is 7.00. The Balaban J connectivity index is 1.37. The average Bonchev–Trinajstić information content (AvgIpc) is 3.00. The van der Waals surface area contributed by atoms with Crippen LogP contribution < -0.4 is 25.2 Å². The van der Waals surface area contributed by atoms with Gasteiger partial charge in [0.25, 0.3) is 11.8 Å². The van der Waals surface area contributed by atoms with Gasteiger partial charge in [-0.25, -0.2) is 8.78 Å². The van der Waals surface area contributed by atoms with Crippen molar-refractivity contribution in [1.82, 2.24) is 5.32 Å². The maximum absolute atomic E-state index is 13.7. The molecule has 9 heteroatoms. The first kappa shape index (κ1) is 27.6. The molecule has 0 saturated carbocycles. The topological polar surface area (TPSA) is 73.9 Å². The van der Waals surface area contributed by atoms with Gasteiger partial charge in [-0.05, 0) is 66.2 Å². The Morgan fingerprint density at radius 1 is 0.756 bits per heavy atom. The van der Waals surface area contributed by atoms with Crippen molar-refractivity contribution in [2.75, 3.05) is 48.4 Å². The van der Waals surface area contributed by atoms with Gasteiger partial charge in [0.1, 0.15) is 17.4 Å². The van der Waals surface area contributed by atoms with Crippen LogP contribution in [0.5, 0.6) is 5.75 Å². The van der Waals surface area contributed by atoms with Crippen molar-refractivity contribution in [1.29, 1.82) is 0 Å². The van der Waals surface area contributed by atoms with Crippen molar-refractivity contribution < 1.29 is 23.1 Å². The lowest BCUT2D eigenvalue weighted by molar-refractivity contribution is 0.0950. The quantitative estimate of drug-likeness (QED) is 0.301. The van der Waals surface area contributed by atoms with Crippen LogP contribution in [-0.4, -0.2) is 45.1 Å². The van der Waals surface area contributed by atoms with Gasteiger partial charge in [0.05, 0.1) is 18.4 Å². The first-order chi connectivity index (χ1) is 19.9. The number of halogens is 2. The van der Waals surface area contributed by atoms with Crippen molar-refractivity contribution in [3.63, 3.8) is 0 Å². The Hall–Kier alpha value is -4.92. The summed E-state index contributed by atoms with van der Waals surface area (Å²) in [6.07, 6.45) is 0. The molecule has 1 aliphatic rings. The van der Waals surface area contributed by atoms with Crippen LogP contribution >= 0.6 is 0 Å². The van der Waals surface area contributed by atoms with Gasteiger partial charge in [0.2, 0.25) is 0 Å². The molecule has 0 unspecified atom stereocenters. The maximum Gasteiger partial charge on any atom is 0.255 e.